The van der Waals surface area contributed by atoms with E-state index in [1.54, 1.807) is 10.6 Å². The third-order valence-electron chi connectivity index (χ3n) is 4.01. The van der Waals surface area contributed by atoms with Gasteiger partial charge in [0.1, 0.15) is 4.83 Å². The normalized spacial score (nSPS) is 15.8. The van der Waals surface area contributed by atoms with E-state index < -0.39 is 0 Å². The smallest absolute Gasteiger partial charge is 0.316 e. The van der Waals surface area contributed by atoms with Crippen LogP contribution in [0.2, 0.25) is 0 Å². The molecule has 3 heterocycles. The minimum Gasteiger partial charge on any atom is -0.468 e. The summed E-state index contributed by atoms with van der Waals surface area (Å²) in [5, 5.41) is 1.17. The zero-order chi connectivity index (χ0) is 18.2. The van der Waals surface area contributed by atoms with Gasteiger partial charge in [-0.25, -0.2) is 4.98 Å². The van der Waals surface area contributed by atoms with Gasteiger partial charge in [0.15, 0.2) is 5.16 Å². The lowest BCUT2D eigenvalue weighted by Crippen LogP contribution is -2.32. The first-order valence-corrected chi connectivity index (χ1v) is 9.66. The van der Waals surface area contributed by atoms with Gasteiger partial charge >= 0.3 is 5.97 Å². The first-order chi connectivity index (χ1) is 11.9. The van der Waals surface area contributed by atoms with Crippen molar-refractivity contribution in [2.24, 2.45) is 0 Å². The van der Waals surface area contributed by atoms with Gasteiger partial charge < -0.3 is 9.47 Å². The standard InChI is InChI=1S/C17H20N2O4S2/c1-5-6-19-15(21)13-10-7-17(2,3)23-8-11(10)25-14(13)18-16(19)24-9-12(20)22-4/h5H,1,6-9H2,2-4H3. The van der Waals surface area contributed by atoms with Crippen LogP contribution in [0.15, 0.2) is 22.6 Å². The highest BCUT2D eigenvalue weighted by atomic mass is 32.2. The number of thiophene rings is 1. The molecule has 134 valence electrons. The van der Waals surface area contributed by atoms with E-state index >= 15 is 0 Å². The van der Waals surface area contributed by atoms with Crippen molar-refractivity contribution >= 4 is 39.3 Å². The molecular formula is C17H20N2O4S2. The van der Waals surface area contributed by atoms with E-state index in [1.165, 1.54) is 30.2 Å². The van der Waals surface area contributed by atoms with Crippen molar-refractivity contribution in [1.82, 2.24) is 9.55 Å². The average molecular weight is 380 g/mol. The van der Waals surface area contributed by atoms with Crippen molar-refractivity contribution in [3.63, 3.8) is 0 Å². The lowest BCUT2D eigenvalue weighted by Gasteiger charge is -2.29. The quantitative estimate of drug-likeness (QED) is 0.344. The Hall–Kier alpha value is -1.64. The SMILES string of the molecule is C=CCn1c(SCC(=O)OC)nc2sc3c(c2c1=O)CC(C)(C)OC3. The molecule has 1 aliphatic heterocycles. The molecule has 0 radical (unpaired) electrons. The predicted octanol–water partition coefficient (Wildman–Crippen LogP) is 2.76. The van der Waals surface area contributed by atoms with Gasteiger partial charge in [0.2, 0.25) is 0 Å². The molecule has 25 heavy (non-hydrogen) atoms. The van der Waals surface area contributed by atoms with Gasteiger partial charge in [0, 0.05) is 17.8 Å². The van der Waals surface area contributed by atoms with Crippen LogP contribution in [-0.4, -0.2) is 34.0 Å². The summed E-state index contributed by atoms with van der Waals surface area (Å²) in [5.41, 5.74) is 0.651. The van der Waals surface area contributed by atoms with E-state index in [9.17, 15) is 9.59 Å². The second-order valence-electron chi connectivity index (χ2n) is 6.37. The van der Waals surface area contributed by atoms with Crippen molar-refractivity contribution < 1.29 is 14.3 Å². The van der Waals surface area contributed by atoms with E-state index in [2.05, 4.69) is 16.3 Å². The summed E-state index contributed by atoms with van der Waals surface area (Å²) >= 11 is 2.69. The fraction of sp³-hybridized carbons (Fsp3) is 0.471. The lowest BCUT2D eigenvalue weighted by molar-refractivity contribution is -0.137. The molecule has 3 rings (SSSR count). The van der Waals surface area contributed by atoms with E-state index in [0.29, 0.717) is 34.9 Å². The number of nitrogens with zero attached hydrogens (tertiary/aromatic N) is 2. The molecule has 0 amide bonds. The Bertz CT molecular complexity index is 898. The summed E-state index contributed by atoms with van der Waals surface area (Å²) in [7, 11) is 1.34. The molecule has 2 aromatic heterocycles. The Kier molecular flexibility index (Phi) is 5.04. The van der Waals surface area contributed by atoms with Crippen LogP contribution >= 0.6 is 23.1 Å². The fourth-order valence-electron chi connectivity index (χ4n) is 2.79. The van der Waals surface area contributed by atoms with E-state index in [4.69, 9.17) is 4.74 Å². The van der Waals surface area contributed by atoms with Crippen molar-refractivity contribution in [1.29, 1.82) is 0 Å². The zero-order valence-electron chi connectivity index (χ0n) is 14.5. The van der Waals surface area contributed by atoms with E-state index in [0.717, 1.165) is 10.4 Å². The van der Waals surface area contributed by atoms with Gasteiger partial charge in [0.05, 0.1) is 30.5 Å². The van der Waals surface area contributed by atoms with Gasteiger partial charge in [-0.1, -0.05) is 17.8 Å². The Balaban J connectivity index is 2.13. The molecule has 2 aromatic rings. The summed E-state index contributed by atoms with van der Waals surface area (Å²) in [6, 6.07) is 0. The van der Waals surface area contributed by atoms with Gasteiger partial charge in [-0.2, -0.15) is 0 Å². The molecule has 0 aliphatic carbocycles. The molecule has 6 nitrogen and oxygen atoms in total. The zero-order valence-corrected chi connectivity index (χ0v) is 16.1. The second-order valence-corrected chi connectivity index (χ2v) is 8.40. The molecule has 0 spiro atoms. The Labute approximate surface area is 153 Å². The molecule has 0 unspecified atom stereocenters. The summed E-state index contributed by atoms with van der Waals surface area (Å²) in [4.78, 5) is 31.0. The number of allylic oxidation sites excluding steroid dienone is 1. The third kappa shape index (κ3) is 3.51. The first-order valence-electron chi connectivity index (χ1n) is 7.86. The molecule has 0 N–H and O–H groups in total. The number of methoxy groups -OCH3 is 1. The van der Waals surface area contributed by atoms with Crippen molar-refractivity contribution in [3.05, 3.63) is 33.4 Å². The molecule has 0 fully saturated rings. The molecule has 0 saturated heterocycles. The number of ether oxygens (including phenoxy) is 2. The van der Waals surface area contributed by atoms with Crippen molar-refractivity contribution in [2.45, 2.75) is 44.2 Å². The van der Waals surface area contributed by atoms with Crippen molar-refractivity contribution in [3.8, 4) is 0 Å². The highest BCUT2D eigenvalue weighted by Gasteiger charge is 2.31. The average Bonchev–Trinajstić information content (AvgIpc) is 2.92. The largest absolute Gasteiger partial charge is 0.468 e. The summed E-state index contributed by atoms with van der Waals surface area (Å²) < 4.78 is 12.1. The maximum Gasteiger partial charge on any atom is 0.316 e. The molecular weight excluding hydrogens is 360 g/mol. The van der Waals surface area contributed by atoms with Crippen molar-refractivity contribution in [2.75, 3.05) is 12.9 Å². The number of carbonyl (C=O) groups excluding carboxylic acids is 1. The lowest BCUT2D eigenvalue weighted by atomic mass is 9.94. The number of rotatable bonds is 5. The topological polar surface area (TPSA) is 70.4 Å². The minimum absolute atomic E-state index is 0.0903. The number of hydrogen-bond acceptors (Lipinski definition) is 7. The molecule has 0 bridgehead atoms. The Morgan fingerprint density at radius 2 is 2.32 bits per heavy atom. The van der Waals surface area contributed by atoms with Crippen LogP contribution < -0.4 is 5.56 Å². The molecule has 8 heteroatoms. The van der Waals surface area contributed by atoms with Gasteiger partial charge in [-0.15, -0.1) is 17.9 Å². The van der Waals surface area contributed by atoms with Crippen LogP contribution in [0.3, 0.4) is 0 Å². The minimum atomic E-state index is -0.356. The maximum atomic E-state index is 13.1. The van der Waals surface area contributed by atoms with Crippen LogP contribution in [0.1, 0.15) is 24.3 Å². The maximum absolute atomic E-state index is 13.1. The predicted molar refractivity (Wildman–Crippen MR) is 99.4 cm³/mol. The monoisotopic (exact) mass is 380 g/mol. The number of carbonyl (C=O) groups is 1. The van der Waals surface area contributed by atoms with E-state index in [-0.39, 0.29) is 22.9 Å². The fourth-order valence-corrected chi connectivity index (χ4v) is 4.78. The summed E-state index contributed by atoms with van der Waals surface area (Å²) in [6.07, 6.45) is 2.34. The summed E-state index contributed by atoms with van der Waals surface area (Å²) in [6.45, 7) is 8.61. The summed E-state index contributed by atoms with van der Waals surface area (Å²) in [5.74, 6) is -0.252. The number of aromatic nitrogens is 2. The van der Waals surface area contributed by atoms with Crippen LogP contribution in [0.4, 0.5) is 0 Å². The number of hydrogen-bond donors (Lipinski definition) is 0. The van der Waals surface area contributed by atoms with Crippen LogP contribution in [0, 0.1) is 0 Å². The number of fused-ring (bicyclic) bond motifs is 3. The van der Waals surface area contributed by atoms with Crippen LogP contribution in [0.5, 0.6) is 0 Å². The number of esters is 1. The molecule has 0 atom stereocenters. The second kappa shape index (κ2) is 6.93. The van der Waals surface area contributed by atoms with Gasteiger partial charge in [-0.3, -0.25) is 14.2 Å². The van der Waals surface area contributed by atoms with Gasteiger partial charge in [0.25, 0.3) is 5.56 Å². The van der Waals surface area contributed by atoms with E-state index in [1.807, 2.05) is 13.8 Å². The first kappa shape index (κ1) is 18.2. The van der Waals surface area contributed by atoms with Crippen LogP contribution in [0.25, 0.3) is 10.2 Å². The highest BCUT2D eigenvalue weighted by molar-refractivity contribution is 7.99. The van der Waals surface area contributed by atoms with Crippen LogP contribution in [-0.2, 0) is 33.8 Å². The third-order valence-corrected chi connectivity index (χ3v) is 6.06. The van der Waals surface area contributed by atoms with Gasteiger partial charge in [-0.05, 0) is 19.4 Å². The molecule has 1 aliphatic rings. The number of thioether (sulfide) groups is 1. The Morgan fingerprint density at radius 3 is 3.00 bits per heavy atom. The highest BCUT2D eigenvalue weighted by Crippen LogP contribution is 2.37. The molecule has 0 saturated carbocycles. The molecule has 0 aromatic carbocycles. The Morgan fingerprint density at radius 1 is 1.56 bits per heavy atom.